The molecule has 0 saturated carbocycles. The highest BCUT2D eigenvalue weighted by molar-refractivity contribution is 5.77. The van der Waals surface area contributed by atoms with Gasteiger partial charge in [0.05, 0.1) is 12.2 Å². The predicted octanol–water partition coefficient (Wildman–Crippen LogP) is 1.27. The van der Waals surface area contributed by atoms with Crippen LogP contribution >= 0.6 is 0 Å². The van der Waals surface area contributed by atoms with Gasteiger partial charge in [-0.1, -0.05) is 0 Å². The maximum atomic E-state index is 13.2. The number of phenolic OH excluding ortho intramolecular Hbond substituents is 1. The fraction of sp³-hybridized carbons (Fsp3) is 0.300. The van der Waals surface area contributed by atoms with Gasteiger partial charge in [0.2, 0.25) is 0 Å². The number of hydrogen-bond donors (Lipinski definition) is 2. The van der Waals surface area contributed by atoms with E-state index in [1.807, 2.05) is 0 Å². The van der Waals surface area contributed by atoms with Gasteiger partial charge in [-0.15, -0.1) is 0 Å². The van der Waals surface area contributed by atoms with Crippen molar-refractivity contribution < 1.29 is 28.5 Å². The minimum absolute atomic E-state index is 0.000527. The lowest BCUT2D eigenvalue weighted by atomic mass is 10.1. The molecule has 0 heterocycles. The van der Waals surface area contributed by atoms with E-state index in [1.165, 1.54) is 6.92 Å². The van der Waals surface area contributed by atoms with Crippen molar-refractivity contribution in [3.05, 3.63) is 29.3 Å². The number of carbonyl (C=O) groups is 1. The summed E-state index contributed by atoms with van der Waals surface area (Å²) in [4.78, 5) is 11.1. The van der Waals surface area contributed by atoms with Crippen molar-refractivity contribution >= 4 is 5.97 Å². The molecule has 1 rings (SSSR count). The number of aromatic hydroxyl groups is 1. The van der Waals surface area contributed by atoms with Gasteiger partial charge in [0.25, 0.3) is 0 Å². The van der Waals surface area contributed by atoms with Crippen LogP contribution in [0, 0.1) is 11.6 Å². The fourth-order valence-corrected chi connectivity index (χ4v) is 1.18. The second-order valence-electron chi connectivity index (χ2n) is 2.97. The molecular weight excluding hydrogens is 222 g/mol. The van der Waals surface area contributed by atoms with Crippen LogP contribution in [0.1, 0.15) is 18.6 Å². The van der Waals surface area contributed by atoms with E-state index in [0.717, 1.165) is 0 Å². The number of phenols is 1. The molecule has 0 spiro atoms. The third kappa shape index (κ3) is 2.46. The van der Waals surface area contributed by atoms with Crippen LogP contribution in [-0.4, -0.2) is 22.8 Å². The average molecular weight is 232 g/mol. The number of ether oxygens (including phenoxy) is 1. The second-order valence-corrected chi connectivity index (χ2v) is 2.97. The summed E-state index contributed by atoms with van der Waals surface area (Å²) >= 11 is 0. The number of benzene rings is 1. The van der Waals surface area contributed by atoms with Gasteiger partial charge in [-0.25, -0.2) is 13.6 Å². The molecule has 1 unspecified atom stereocenters. The Morgan fingerprint density at radius 3 is 2.62 bits per heavy atom. The minimum Gasteiger partial charge on any atom is -0.507 e. The van der Waals surface area contributed by atoms with E-state index in [0.29, 0.717) is 12.1 Å². The molecule has 0 aromatic heterocycles. The minimum atomic E-state index is -1.97. The maximum Gasteiger partial charge on any atom is 0.339 e. The van der Waals surface area contributed by atoms with Crippen LogP contribution in [0.4, 0.5) is 8.78 Å². The van der Waals surface area contributed by atoms with Crippen LogP contribution in [-0.2, 0) is 9.53 Å². The number of aliphatic hydroxyl groups excluding tert-OH is 1. The van der Waals surface area contributed by atoms with Gasteiger partial charge in [-0.05, 0) is 6.92 Å². The van der Waals surface area contributed by atoms with E-state index in [9.17, 15) is 23.8 Å². The van der Waals surface area contributed by atoms with Crippen LogP contribution in [0.2, 0.25) is 0 Å². The normalized spacial score (nSPS) is 12.2. The zero-order valence-corrected chi connectivity index (χ0v) is 8.41. The molecular formula is C10H10F2O4. The standard InChI is InChI=1S/C10H10F2O4/c1-2-16-10(15)9(14)8-6(12)3-5(11)4-7(8)13/h3-4,9,13-14H,2H2,1H3. The van der Waals surface area contributed by atoms with Gasteiger partial charge in [0, 0.05) is 12.1 Å². The molecule has 0 saturated heterocycles. The van der Waals surface area contributed by atoms with Crippen LogP contribution in [0.5, 0.6) is 5.75 Å². The Bertz CT molecular complexity index is 383. The lowest BCUT2D eigenvalue weighted by molar-refractivity contribution is -0.153. The Balaban J connectivity index is 3.08. The number of hydrogen-bond acceptors (Lipinski definition) is 4. The van der Waals surface area contributed by atoms with Crippen molar-refractivity contribution in [3.63, 3.8) is 0 Å². The molecule has 0 aliphatic heterocycles. The SMILES string of the molecule is CCOC(=O)C(O)c1c(O)cc(F)cc1F. The molecule has 0 aliphatic carbocycles. The Labute approximate surface area is 90.1 Å². The summed E-state index contributed by atoms with van der Waals surface area (Å²) in [7, 11) is 0. The van der Waals surface area contributed by atoms with E-state index in [-0.39, 0.29) is 6.61 Å². The van der Waals surface area contributed by atoms with Crippen LogP contribution in [0.25, 0.3) is 0 Å². The lowest BCUT2D eigenvalue weighted by Gasteiger charge is -2.12. The lowest BCUT2D eigenvalue weighted by Crippen LogP contribution is -2.17. The summed E-state index contributed by atoms with van der Waals surface area (Å²) in [5, 5.41) is 18.6. The van der Waals surface area contributed by atoms with Gasteiger partial charge in [0.1, 0.15) is 17.4 Å². The molecule has 0 radical (unpaired) electrons. The third-order valence-corrected chi connectivity index (χ3v) is 1.86. The second kappa shape index (κ2) is 4.89. The summed E-state index contributed by atoms with van der Waals surface area (Å²) in [6, 6.07) is 1.05. The molecule has 4 nitrogen and oxygen atoms in total. The summed E-state index contributed by atoms with van der Waals surface area (Å²) in [5.74, 6) is -4.16. The van der Waals surface area contributed by atoms with Gasteiger partial charge in [-0.2, -0.15) is 0 Å². The molecule has 1 aromatic rings. The maximum absolute atomic E-state index is 13.2. The van der Waals surface area contributed by atoms with Gasteiger partial charge < -0.3 is 14.9 Å². The van der Waals surface area contributed by atoms with E-state index in [4.69, 9.17) is 0 Å². The molecule has 2 N–H and O–H groups in total. The highest BCUT2D eigenvalue weighted by atomic mass is 19.1. The number of rotatable bonds is 3. The van der Waals surface area contributed by atoms with E-state index in [1.54, 1.807) is 0 Å². The van der Waals surface area contributed by atoms with Gasteiger partial charge in [-0.3, -0.25) is 0 Å². The monoisotopic (exact) mass is 232 g/mol. The highest BCUT2D eigenvalue weighted by Crippen LogP contribution is 2.28. The highest BCUT2D eigenvalue weighted by Gasteiger charge is 2.26. The summed E-state index contributed by atoms with van der Waals surface area (Å²) in [5.41, 5.74) is -0.695. The van der Waals surface area contributed by atoms with Crippen molar-refractivity contribution in [1.29, 1.82) is 0 Å². The molecule has 6 heteroatoms. The summed E-state index contributed by atoms with van der Waals surface area (Å²) in [6.07, 6.45) is -1.97. The first-order valence-electron chi connectivity index (χ1n) is 4.50. The molecule has 1 aromatic carbocycles. The molecule has 88 valence electrons. The van der Waals surface area contributed by atoms with Gasteiger partial charge >= 0.3 is 5.97 Å². The summed E-state index contributed by atoms with van der Waals surface area (Å²) in [6.45, 7) is 1.50. The van der Waals surface area contributed by atoms with E-state index < -0.39 is 35.0 Å². The number of carbonyl (C=O) groups excluding carboxylic acids is 1. The van der Waals surface area contributed by atoms with Crippen molar-refractivity contribution in [2.75, 3.05) is 6.61 Å². The number of halogens is 2. The first-order chi connectivity index (χ1) is 7.47. The van der Waals surface area contributed by atoms with Crippen molar-refractivity contribution in [2.24, 2.45) is 0 Å². The van der Waals surface area contributed by atoms with Gasteiger partial charge in [0.15, 0.2) is 6.10 Å². The van der Waals surface area contributed by atoms with E-state index in [2.05, 4.69) is 4.74 Å². The quantitative estimate of drug-likeness (QED) is 0.770. The largest absolute Gasteiger partial charge is 0.507 e. The van der Waals surface area contributed by atoms with E-state index >= 15 is 0 Å². The van der Waals surface area contributed by atoms with Crippen LogP contribution in [0.3, 0.4) is 0 Å². The predicted molar refractivity (Wildman–Crippen MR) is 49.6 cm³/mol. The van der Waals surface area contributed by atoms with Crippen molar-refractivity contribution in [2.45, 2.75) is 13.0 Å². The molecule has 0 aliphatic rings. The Morgan fingerprint density at radius 1 is 1.50 bits per heavy atom. The van der Waals surface area contributed by atoms with Crippen molar-refractivity contribution in [3.8, 4) is 5.75 Å². The third-order valence-electron chi connectivity index (χ3n) is 1.86. The number of aliphatic hydroxyl groups is 1. The molecule has 16 heavy (non-hydrogen) atoms. The fourth-order valence-electron chi connectivity index (χ4n) is 1.18. The van der Waals surface area contributed by atoms with Crippen molar-refractivity contribution in [1.82, 2.24) is 0 Å². The molecule has 0 fully saturated rings. The molecule has 0 bridgehead atoms. The average Bonchev–Trinajstić information content (AvgIpc) is 2.16. The Kier molecular flexibility index (Phi) is 3.78. The first kappa shape index (κ1) is 12.4. The Hall–Kier alpha value is -1.69. The Morgan fingerprint density at radius 2 is 2.12 bits per heavy atom. The smallest absolute Gasteiger partial charge is 0.339 e. The van der Waals surface area contributed by atoms with Crippen LogP contribution < -0.4 is 0 Å². The van der Waals surface area contributed by atoms with Crippen LogP contribution in [0.15, 0.2) is 12.1 Å². The zero-order valence-electron chi connectivity index (χ0n) is 8.41. The zero-order chi connectivity index (χ0) is 12.3. The summed E-state index contributed by atoms with van der Waals surface area (Å²) < 4.78 is 30.3. The molecule has 1 atom stereocenters. The molecule has 0 amide bonds. The number of esters is 1. The topological polar surface area (TPSA) is 66.8 Å². The first-order valence-corrected chi connectivity index (χ1v) is 4.50.